The van der Waals surface area contributed by atoms with Crippen LogP contribution in [0.4, 0.5) is 5.69 Å². The normalized spacial score (nSPS) is 11.1. The van der Waals surface area contributed by atoms with E-state index in [4.69, 9.17) is 4.52 Å². The van der Waals surface area contributed by atoms with Crippen molar-refractivity contribution in [3.05, 3.63) is 81.9 Å². The van der Waals surface area contributed by atoms with Gasteiger partial charge in [-0.25, -0.2) is 4.98 Å². The van der Waals surface area contributed by atoms with Crippen LogP contribution in [0.2, 0.25) is 0 Å². The molecule has 5 rings (SSSR count). The molecule has 0 fully saturated rings. The molecule has 0 radical (unpaired) electrons. The first-order valence-electron chi connectivity index (χ1n) is 10.7. The highest BCUT2D eigenvalue weighted by atomic mass is 32.1. The van der Waals surface area contributed by atoms with Gasteiger partial charge in [-0.2, -0.15) is 4.98 Å². The monoisotopic (exact) mass is 471 g/mol. The van der Waals surface area contributed by atoms with Crippen LogP contribution < -0.4 is 10.9 Å². The lowest BCUT2D eigenvalue weighted by Gasteiger charge is -2.09. The number of aryl methyl sites for hydroxylation is 3. The van der Waals surface area contributed by atoms with E-state index in [1.807, 2.05) is 69.3 Å². The smallest absolute Gasteiger partial charge is 0.268 e. The number of carbonyl (C=O) groups excluding carboxylic acids is 1. The molecule has 170 valence electrons. The fourth-order valence-corrected chi connectivity index (χ4v) is 4.96. The number of benzene rings is 2. The SMILES string of the molecule is Cc1cc(C)cc(NC(=O)Cn2cnc3sc(-c4nc(-c5ccccc5)no4)c(C)c3c2=O)c1. The molecule has 0 aliphatic rings. The largest absolute Gasteiger partial charge is 0.333 e. The summed E-state index contributed by atoms with van der Waals surface area (Å²) in [5.74, 6) is 0.504. The van der Waals surface area contributed by atoms with Crippen molar-refractivity contribution in [1.29, 1.82) is 0 Å². The van der Waals surface area contributed by atoms with Crippen molar-refractivity contribution in [3.8, 4) is 22.2 Å². The molecule has 0 aliphatic heterocycles. The summed E-state index contributed by atoms with van der Waals surface area (Å²) in [6.07, 6.45) is 1.40. The lowest BCUT2D eigenvalue weighted by Crippen LogP contribution is -2.27. The number of rotatable bonds is 5. The van der Waals surface area contributed by atoms with Gasteiger partial charge in [0.15, 0.2) is 0 Å². The number of amides is 1. The van der Waals surface area contributed by atoms with Crippen molar-refractivity contribution >= 4 is 33.1 Å². The van der Waals surface area contributed by atoms with E-state index in [2.05, 4.69) is 20.4 Å². The van der Waals surface area contributed by atoms with Crippen LogP contribution in [0.25, 0.3) is 32.4 Å². The third kappa shape index (κ3) is 4.13. The van der Waals surface area contributed by atoms with Crippen molar-refractivity contribution in [2.24, 2.45) is 0 Å². The zero-order chi connectivity index (χ0) is 23.8. The number of hydrogen-bond acceptors (Lipinski definition) is 7. The third-order valence-electron chi connectivity index (χ3n) is 5.39. The van der Waals surface area contributed by atoms with E-state index in [1.54, 1.807) is 0 Å². The Labute approximate surface area is 198 Å². The van der Waals surface area contributed by atoms with Gasteiger partial charge in [0.05, 0.1) is 16.6 Å². The molecule has 0 saturated carbocycles. The van der Waals surface area contributed by atoms with E-state index in [1.165, 1.54) is 22.2 Å². The number of thiophene rings is 1. The van der Waals surface area contributed by atoms with Gasteiger partial charge in [0.2, 0.25) is 11.7 Å². The Morgan fingerprint density at radius 2 is 1.82 bits per heavy atom. The first-order valence-corrected chi connectivity index (χ1v) is 11.5. The molecule has 2 aromatic carbocycles. The van der Waals surface area contributed by atoms with Crippen molar-refractivity contribution in [1.82, 2.24) is 19.7 Å². The molecule has 0 bridgehead atoms. The lowest BCUT2D eigenvalue weighted by molar-refractivity contribution is -0.116. The molecule has 0 spiro atoms. The Kier molecular flexibility index (Phi) is 5.54. The highest BCUT2D eigenvalue weighted by Gasteiger charge is 2.21. The second kappa shape index (κ2) is 8.68. The number of hydrogen-bond donors (Lipinski definition) is 1. The van der Waals surface area contributed by atoms with Gasteiger partial charge >= 0.3 is 0 Å². The van der Waals surface area contributed by atoms with Gasteiger partial charge < -0.3 is 9.84 Å². The Morgan fingerprint density at radius 1 is 1.09 bits per heavy atom. The second-order valence-corrected chi connectivity index (χ2v) is 9.13. The molecule has 9 heteroatoms. The lowest BCUT2D eigenvalue weighted by atomic mass is 10.1. The van der Waals surface area contributed by atoms with Crippen LogP contribution in [-0.2, 0) is 11.3 Å². The third-order valence-corrected chi connectivity index (χ3v) is 6.58. The topological polar surface area (TPSA) is 103 Å². The number of fused-ring (bicyclic) bond motifs is 1. The molecular weight excluding hydrogens is 450 g/mol. The molecule has 0 saturated heterocycles. The number of aromatic nitrogens is 4. The highest BCUT2D eigenvalue weighted by molar-refractivity contribution is 7.22. The molecule has 3 heterocycles. The van der Waals surface area contributed by atoms with Crippen LogP contribution in [-0.4, -0.2) is 25.6 Å². The average Bonchev–Trinajstić information content (AvgIpc) is 3.41. The zero-order valence-corrected chi connectivity index (χ0v) is 19.6. The summed E-state index contributed by atoms with van der Waals surface area (Å²) in [5.41, 5.74) is 4.05. The summed E-state index contributed by atoms with van der Waals surface area (Å²) in [7, 11) is 0. The van der Waals surface area contributed by atoms with Crippen molar-refractivity contribution in [2.45, 2.75) is 27.3 Å². The molecule has 8 nitrogen and oxygen atoms in total. The molecule has 1 amide bonds. The molecule has 3 aromatic heterocycles. The summed E-state index contributed by atoms with van der Waals surface area (Å²) in [6, 6.07) is 15.3. The number of carbonyl (C=O) groups is 1. The van der Waals surface area contributed by atoms with Gasteiger partial charge in [-0.05, 0) is 49.6 Å². The summed E-state index contributed by atoms with van der Waals surface area (Å²) < 4.78 is 6.80. The minimum absolute atomic E-state index is 0.141. The van der Waals surface area contributed by atoms with Crippen LogP contribution >= 0.6 is 11.3 Å². The Hall–Kier alpha value is -4.11. The second-order valence-electron chi connectivity index (χ2n) is 8.13. The van der Waals surface area contributed by atoms with E-state index < -0.39 is 0 Å². The number of nitrogens with zero attached hydrogens (tertiary/aromatic N) is 4. The number of anilines is 1. The van der Waals surface area contributed by atoms with Gasteiger partial charge in [0, 0.05) is 11.3 Å². The average molecular weight is 472 g/mol. The molecule has 34 heavy (non-hydrogen) atoms. The predicted molar refractivity (Wildman–Crippen MR) is 132 cm³/mol. The zero-order valence-electron chi connectivity index (χ0n) is 18.8. The molecule has 5 aromatic rings. The summed E-state index contributed by atoms with van der Waals surface area (Å²) in [5, 5.41) is 7.37. The fraction of sp³-hybridized carbons (Fsp3) is 0.160. The van der Waals surface area contributed by atoms with E-state index in [-0.39, 0.29) is 18.0 Å². The van der Waals surface area contributed by atoms with Crippen LogP contribution in [0.1, 0.15) is 16.7 Å². The van der Waals surface area contributed by atoms with Crippen molar-refractivity contribution in [3.63, 3.8) is 0 Å². The van der Waals surface area contributed by atoms with Gasteiger partial charge in [0.1, 0.15) is 11.4 Å². The Balaban J connectivity index is 1.44. The Morgan fingerprint density at radius 3 is 2.56 bits per heavy atom. The van der Waals surface area contributed by atoms with Gasteiger partial charge in [-0.15, -0.1) is 11.3 Å². The van der Waals surface area contributed by atoms with Gasteiger partial charge in [-0.3, -0.25) is 14.2 Å². The van der Waals surface area contributed by atoms with E-state index >= 15 is 0 Å². The Bertz CT molecular complexity index is 1560. The van der Waals surface area contributed by atoms with Crippen molar-refractivity contribution < 1.29 is 9.32 Å². The highest BCUT2D eigenvalue weighted by Crippen LogP contribution is 2.35. The standard InChI is InChI=1S/C25H21N5O3S/c1-14-9-15(2)11-18(10-14)27-19(31)12-30-13-26-24-20(25(30)32)16(3)21(34-24)23-28-22(29-33-23)17-7-5-4-6-8-17/h4-11,13H,12H2,1-3H3,(H,27,31). The molecule has 0 atom stereocenters. The first-order chi connectivity index (χ1) is 16.4. The molecule has 0 aliphatic carbocycles. The van der Waals surface area contributed by atoms with E-state index in [0.717, 1.165) is 16.7 Å². The minimum Gasteiger partial charge on any atom is -0.333 e. The van der Waals surface area contributed by atoms with E-state index in [0.29, 0.717) is 38.1 Å². The summed E-state index contributed by atoms with van der Waals surface area (Å²) >= 11 is 1.31. The molecular formula is C25H21N5O3S. The predicted octanol–water partition coefficient (Wildman–Crippen LogP) is 4.74. The first kappa shape index (κ1) is 21.7. The summed E-state index contributed by atoms with van der Waals surface area (Å²) in [4.78, 5) is 36.0. The fourth-order valence-electron chi connectivity index (χ4n) is 3.90. The van der Waals surface area contributed by atoms with Gasteiger partial charge in [-0.1, -0.05) is 41.6 Å². The van der Waals surface area contributed by atoms with Crippen LogP contribution in [0.5, 0.6) is 0 Å². The van der Waals surface area contributed by atoms with Crippen molar-refractivity contribution in [2.75, 3.05) is 5.32 Å². The number of nitrogens with one attached hydrogen (secondary N) is 1. The van der Waals surface area contributed by atoms with Crippen LogP contribution in [0.3, 0.4) is 0 Å². The maximum Gasteiger partial charge on any atom is 0.268 e. The maximum absolute atomic E-state index is 13.2. The van der Waals surface area contributed by atoms with E-state index in [9.17, 15) is 9.59 Å². The quantitative estimate of drug-likeness (QED) is 0.397. The molecule has 1 N–H and O–H groups in total. The summed E-state index contributed by atoms with van der Waals surface area (Å²) in [6.45, 7) is 5.62. The van der Waals surface area contributed by atoms with Crippen LogP contribution in [0.15, 0.2) is 64.2 Å². The maximum atomic E-state index is 13.2. The van der Waals surface area contributed by atoms with Crippen LogP contribution in [0, 0.1) is 20.8 Å². The molecule has 0 unspecified atom stereocenters. The van der Waals surface area contributed by atoms with Gasteiger partial charge in [0.25, 0.3) is 11.4 Å². The minimum atomic E-state index is -0.300.